The number of halogens is 1. The van der Waals surface area contributed by atoms with E-state index in [1.54, 1.807) is 6.92 Å². The minimum Gasteiger partial charge on any atom is -0.284 e. The van der Waals surface area contributed by atoms with Crippen LogP contribution in [0.1, 0.15) is 6.92 Å². The summed E-state index contributed by atoms with van der Waals surface area (Å²) in [6, 6.07) is 1.17. The zero-order chi connectivity index (χ0) is 8.43. The van der Waals surface area contributed by atoms with Crippen LogP contribution in [0.4, 0.5) is 0 Å². The average Bonchev–Trinajstić information content (AvgIpc) is 1.85. The lowest BCUT2D eigenvalue weighted by Gasteiger charge is -2.00. The highest BCUT2D eigenvalue weighted by atomic mass is 35.5. The lowest BCUT2D eigenvalue weighted by Crippen LogP contribution is -2.29. The highest BCUT2D eigenvalue weighted by Crippen LogP contribution is 1.99. The molecular formula is C6H7ClN2O2. The van der Waals surface area contributed by atoms with Gasteiger partial charge in [0, 0.05) is 12.6 Å². The number of nitrogens with zero attached hydrogens (tertiary/aromatic N) is 1. The number of aromatic nitrogens is 2. The molecule has 0 amide bonds. The lowest BCUT2D eigenvalue weighted by molar-refractivity contribution is 0.694. The smallest absolute Gasteiger partial charge is 0.284 e. The lowest BCUT2D eigenvalue weighted by atomic mass is 10.6. The van der Waals surface area contributed by atoms with Crippen LogP contribution in [-0.4, -0.2) is 9.55 Å². The van der Waals surface area contributed by atoms with Crippen molar-refractivity contribution in [2.45, 2.75) is 13.5 Å². The van der Waals surface area contributed by atoms with Crippen molar-refractivity contribution in [2.24, 2.45) is 0 Å². The predicted molar refractivity (Wildman–Crippen MR) is 42.0 cm³/mol. The van der Waals surface area contributed by atoms with Gasteiger partial charge >= 0.3 is 5.69 Å². The first kappa shape index (κ1) is 8.07. The molecule has 60 valence electrons. The standard InChI is InChI=1S/C6H7ClN2O2/c1-2-9-4(7)3-5(10)8-6(9)11/h3H,2H2,1H3,(H,8,10,11). The Hall–Kier alpha value is -1.03. The van der Waals surface area contributed by atoms with Crippen LogP contribution in [0.25, 0.3) is 0 Å². The van der Waals surface area contributed by atoms with Crippen LogP contribution in [0.3, 0.4) is 0 Å². The molecule has 1 N–H and O–H groups in total. The normalized spacial score (nSPS) is 10.0. The fourth-order valence-corrected chi connectivity index (χ4v) is 1.08. The first-order valence-electron chi connectivity index (χ1n) is 3.15. The van der Waals surface area contributed by atoms with Gasteiger partial charge in [0.15, 0.2) is 0 Å². The molecule has 0 fully saturated rings. The maximum absolute atomic E-state index is 10.9. The van der Waals surface area contributed by atoms with Gasteiger partial charge < -0.3 is 0 Å². The van der Waals surface area contributed by atoms with E-state index in [1.165, 1.54) is 10.6 Å². The van der Waals surface area contributed by atoms with E-state index in [2.05, 4.69) is 4.98 Å². The molecule has 1 aromatic heterocycles. The Morgan fingerprint density at radius 2 is 2.27 bits per heavy atom. The Morgan fingerprint density at radius 1 is 1.64 bits per heavy atom. The van der Waals surface area contributed by atoms with Gasteiger partial charge in [-0.2, -0.15) is 0 Å². The molecule has 5 heteroatoms. The summed E-state index contributed by atoms with van der Waals surface area (Å²) in [7, 11) is 0. The Morgan fingerprint density at radius 3 is 2.73 bits per heavy atom. The maximum atomic E-state index is 10.9. The molecule has 0 bridgehead atoms. The summed E-state index contributed by atoms with van der Waals surface area (Å²) in [4.78, 5) is 23.6. The minimum atomic E-state index is -0.468. The van der Waals surface area contributed by atoms with Gasteiger partial charge in [-0.1, -0.05) is 11.6 Å². The molecule has 0 saturated carbocycles. The summed E-state index contributed by atoms with van der Waals surface area (Å²) in [5.74, 6) is 0. The molecule has 0 aliphatic carbocycles. The molecular weight excluding hydrogens is 168 g/mol. The zero-order valence-electron chi connectivity index (χ0n) is 5.93. The predicted octanol–water partition coefficient (Wildman–Crippen LogP) is 0.210. The Labute approximate surface area is 67.4 Å². The van der Waals surface area contributed by atoms with Crippen molar-refractivity contribution in [3.05, 3.63) is 32.1 Å². The van der Waals surface area contributed by atoms with E-state index in [0.29, 0.717) is 6.54 Å². The second-order valence-corrected chi connectivity index (χ2v) is 2.39. The van der Waals surface area contributed by atoms with E-state index < -0.39 is 11.2 Å². The van der Waals surface area contributed by atoms with Crippen LogP contribution in [0.5, 0.6) is 0 Å². The molecule has 0 aliphatic heterocycles. The molecule has 0 aromatic carbocycles. The van der Waals surface area contributed by atoms with Crippen LogP contribution >= 0.6 is 11.6 Å². The monoisotopic (exact) mass is 174 g/mol. The van der Waals surface area contributed by atoms with Crippen molar-refractivity contribution in [2.75, 3.05) is 0 Å². The van der Waals surface area contributed by atoms with Crippen LogP contribution in [0.15, 0.2) is 15.7 Å². The fourth-order valence-electron chi connectivity index (χ4n) is 0.787. The third kappa shape index (κ3) is 1.51. The minimum absolute atomic E-state index is 0.168. The topological polar surface area (TPSA) is 54.9 Å². The highest BCUT2D eigenvalue weighted by Gasteiger charge is 1.99. The second kappa shape index (κ2) is 2.92. The van der Waals surface area contributed by atoms with Gasteiger partial charge in [0.1, 0.15) is 5.15 Å². The van der Waals surface area contributed by atoms with E-state index in [4.69, 9.17) is 11.6 Å². The van der Waals surface area contributed by atoms with E-state index >= 15 is 0 Å². The Balaban J connectivity index is 3.49. The third-order valence-electron chi connectivity index (χ3n) is 1.30. The van der Waals surface area contributed by atoms with E-state index in [9.17, 15) is 9.59 Å². The number of rotatable bonds is 1. The molecule has 0 atom stereocenters. The summed E-state index contributed by atoms with van der Waals surface area (Å²) in [6.45, 7) is 2.22. The maximum Gasteiger partial charge on any atom is 0.329 e. The van der Waals surface area contributed by atoms with Crippen molar-refractivity contribution >= 4 is 11.6 Å². The molecule has 4 nitrogen and oxygen atoms in total. The van der Waals surface area contributed by atoms with Crippen molar-refractivity contribution in [3.63, 3.8) is 0 Å². The molecule has 1 rings (SSSR count). The number of aromatic amines is 1. The SMILES string of the molecule is CCn1c(Cl)cc(=O)[nH]c1=O. The van der Waals surface area contributed by atoms with E-state index in [0.717, 1.165) is 0 Å². The molecule has 0 saturated heterocycles. The summed E-state index contributed by atoms with van der Waals surface area (Å²) in [5.41, 5.74) is -0.935. The molecule has 1 aromatic rings. The average molecular weight is 175 g/mol. The molecule has 0 unspecified atom stereocenters. The van der Waals surface area contributed by atoms with Gasteiger partial charge in [-0.25, -0.2) is 4.79 Å². The van der Waals surface area contributed by atoms with Gasteiger partial charge in [-0.05, 0) is 6.92 Å². The van der Waals surface area contributed by atoms with Gasteiger partial charge in [0.25, 0.3) is 5.56 Å². The Kier molecular flexibility index (Phi) is 2.14. The van der Waals surface area contributed by atoms with Gasteiger partial charge in [-0.3, -0.25) is 14.3 Å². The highest BCUT2D eigenvalue weighted by molar-refractivity contribution is 6.29. The van der Waals surface area contributed by atoms with Gasteiger partial charge in [-0.15, -0.1) is 0 Å². The first-order chi connectivity index (χ1) is 5.15. The van der Waals surface area contributed by atoms with E-state index in [-0.39, 0.29) is 5.15 Å². The van der Waals surface area contributed by atoms with Crippen molar-refractivity contribution in [1.82, 2.24) is 9.55 Å². The molecule has 11 heavy (non-hydrogen) atoms. The Bertz CT molecular complexity index is 366. The van der Waals surface area contributed by atoms with Gasteiger partial charge in [0.2, 0.25) is 0 Å². The van der Waals surface area contributed by atoms with Gasteiger partial charge in [0.05, 0.1) is 0 Å². The quantitative estimate of drug-likeness (QED) is 0.619. The number of H-pyrrole nitrogens is 1. The molecule has 0 radical (unpaired) electrons. The van der Waals surface area contributed by atoms with Crippen LogP contribution in [0.2, 0.25) is 5.15 Å². The number of hydrogen-bond donors (Lipinski definition) is 1. The largest absolute Gasteiger partial charge is 0.329 e. The second-order valence-electron chi connectivity index (χ2n) is 2.01. The van der Waals surface area contributed by atoms with Crippen molar-refractivity contribution < 1.29 is 0 Å². The van der Waals surface area contributed by atoms with Crippen LogP contribution < -0.4 is 11.2 Å². The van der Waals surface area contributed by atoms with Crippen molar-refractivity contribution in [1.29, 1.82) is 0 Å². The molecule has 1 heterocycles. The first-order valence-corrected chi connectivity index (χ1v) is 3.52. The number of nitrogens with one attached hydrogen (secondary N) is 1. The zero-order valence-corrected chi connectivity index (χ0v) is 6.68. The summed E-state index contributed by atoms with van der Waals surface area (Å²) < 4.78 is 1.27. The molecule has 0 spiro atoms. The van der Waals surface area contributed by atoms with Crippen LogP contribution in [-0.2, 0) is 6.54 Å². The summed E-state index contributed by atoms with van der Waals surface area (Å²) in [5, 5.41) is 0.168. The fraction of sp³-hybridized carbons (Fsp3) is 0.333. The summed E-state index contributed by atoms with van der Waals surface area (Å²) in [6.07, 6.45) is 0. The van der Waals surface area contributed by atoms with Crippen molar-refractivity contribution in [3.8, 4) is 0 Å². The summed E-state index contributed by atoms with van der Waals surface area (Å²) >= 11 is 5.58. The van der Waals surface area contributed by atoms with E-state index in [1.807, 2.05) is 0 Å². The van der Waals surface area contributed by atoms with Crippen LogP contribution in [0, 0.1) is 0 Å². The third-order valence-corrected chi connectivity index (χ3v) is 1.61. The molecule has 0 aliphatic rings. The number of hydrogen-bond acceptors (Lipinski definition) is 2.